The maximum absolute atomic E-state index is 10.9. The molecule has 7 nitrogen and oxygen atoms in total. The fraction of sp³-hybridized carbons (Fsp3) is 0.889. The molecule has 1 rings (SSSR count). The van der Waals surface area contributed by atoms with Gasteiger partial charge in [0.1, 0.15) is 6.10 Å². The van der Waals surface area contributed by atoms with Crippen LogP contribution in [0.25, 0.3) is 0 Å². The van der Waals surface area contributed by atoms with Crippen LogP contribution in [0, 0.1) is 0 Å². The van der Waals surface area contributed by atoms with Gasteiger partial charge in [0, 0.05) is 13.5 Å². The van der Waals surface area contributed by atoms with Crippen LogP contribution in [0.3, 0.4) is 0 Å². The van der Waals surface area contributed by atoms with E-state index in [1.165, 1.54) is 6.92 Å². The highest BCUT2D eigenvalue weighted by Gasteiger charge is 2.39. The normalized spacial score (nSPS) is 40.2. The maximum atomic E-state index is 10.9. The van der Waals surface area contributed by atoms with Gasteiger partial charge in [-0.2, -0.15) is 0 Å². The number of hydrogen-bond donors (Lipinski definition) is 6. The lowest BCUT2D eigenvalue weighted by molar-refractivity contribution is -0.123. The van der Waals surface area contributed by atoms with E-state index in [1.54, 1.807) is 0 Å². The van der Waals surface area contributed by atoms with E-state index in [0.29, 0.717) is 0 Å². The Balaban J connectivity index is 2.78. The summed E-state index contributed by atoms with van der Waals surface area (Å²) in [5, 5.41) is 43.2. The predicted molar refractivity (Wildman–Crippen MR) is 54.5 cm³/mol. The Bertz CT molecular complexity index is 250. The van der Waals surface area contributed by atoms with E-state index in [-0.39, 0.29) is 13.2 Å². The van der Waals surface area contributed by atoms with Crippen molar-refractivity contribution in [3.63, 3.8) is 0 Å². The summed E-state index contributed by atoms with van der Waals surface area (Å²) in [6, 6.07) is -1.67. The second kappa shape index (κ2) is 5.55. The largest absolute Gasteiger partial charge is 0.395 e. The molecule has 0 aromatic rings. The second-order valence-electron chi connectivity index (χ2n) is 3.97. The minimum Gasteiger partial charge on any atom is -0.395 e. The highest BCUT2D eigenvalue weighted by Crippen LogP contribution is 2.12. The van der Waals surface area contributed by atoms with Gasteiger partial charge in [-0.25, -0.2) is 0 Å². The molecular weight excluding hydrogens is 216 g/mol. The lowest BCUT2D eigenvalue weighted by Gasteiger charge is -2.28. The third kappa shape index (κ3) is 2.89. The summed E-state index contributed by atoms with van der Waals surface area (Å²) in [7, 11) is 0. The average Bonchev–Trinajstić information content (AvgIpc) is 2.32. The van der Waals surface area contributed by atoms with Crippen molar-refractivity contribution in [1.82, 2.24) is 10.6 Å². The first-order valence-electron chi connectivity index (χ1n) is 5.13. The molecule has 0 bridgehead atoms. The molecule has 0 aromatic heterocycles. The molecule has 1 heterocycles. The SMILES string of the molecule is CC(=O)N[C@H]1[C@@H](O)[C@H](O)[C@H](CO)NC[C@@H]1O. The summed E-state index contributed by atoms with van der Waals surface area (Å²) >= 11 is 0. The molecule has 0 spiro atoms. The molecular formula is C9H18N2O5. The molecule has 1 aliphatic heterocycles. The Morgan fingerprint density at radius 3 is 2.50 bits per heavy atom. The summed E-state index contributed by atoms with van der Waals surface area (Å²) in [5.41, 5.74) is 0. The standard InChI is InChI=1S/C9H18N2O5/c1-4(13)11-7-6(14)2-10-5(3-12)8(15)9(7)16/h5-10,12,14-16H,2-3H2,1H3,(H,11,13)/t5-,6-,7+,8+,9+/m0/s1. The van der Waals surface area contributed by atoms with Gasteiger partial charge in [0.2, 0.25) is 5.91 Å². The predicted octanol–water partition coefficient (Wildman–Crippen LogP) is -3.46. The van der Waals surface area contributed by atoms with Gasteiger partial charge in [0.15, 0.2) is 0 Å². The number of nitrogens with one attached hydrogen (secondary N) is 2. The van der Waals surface area contributed by atoms with Gasteiger partial charge in [-0.1, -0.05) is 0 Å². The van der Waals surface area contributed by atoms with Crippen molar-refractivity contribution < 1.29 is 25.2 Å². The zero-order valence-electron chi connectivity index (χ0n) is 9.00. The van der Waals surface area contributed by atoms with Crippen molar-refractivity contribution in [2.75, 3.05) is 13.2 Å². The molecule has 7 heteroatoms. The molecule has 1 saturated heterocycles. The van der Waals surface area contributed by atoms with Crippen molar-refractivity contribution in [3.05, 3.63) is 0 Å². The summed E-state index contributed by atoms with van der Waals surface area (Å²) < 4.78 is 0. The van der Waals surface area contributed by atoms with Gasteiger partial charge in [-0.15, -0.1) is 0 Å². The molecule has 94 valence electrons. The summed E-state index contributed by atoms with van der Waals surface area (Å²) in [5.74, 6) is -0.405. The minimum absolute atomic E-state index is 0.0737. The van der Waals surface area contributed by atoms with Crippen LogP contribution in [-0.4, -0.2) is 69.9 Å². The van der Waals surface area contributed by atoms with Gasteiger partial charge in [-0.3, -0.25) is 4.79 Å². The zero-order chi connectivity index (χ0) is 12.3. The van der Waals surface area contributed by atoms with Gasteiger partial charge in [0.05, 0.1) is 30.9 Å². The fourth-order valence-corrected chi connectivity index (χ4v) is 1.79. The molecule has 1 amide bonds. The van der Waals surface area contributed by atoms with Gasteiger partial charge in [0.25, 0.3) is 0 Å². The number of amides is 1. The van der Waals surface area contributed by atoms with E-state index in [4.69, 9.17) is 5.11 Å². The van der Waals surface area contributed by atoms with Crippen LogP contribution in [0.1, 0.15) is 6.92 Å². The van der Waals surface area contributed by atoms with Crippen LogP contribution in [0.15, 0.2) is 0 Å². The van der Waals surface area contributed by atoms with Crippen molar-refractivity contribution in [2.45, 2.75) is 37.3 Å². The summed E-state index contributed by atoms with van der Waals surface area (Å²) in [6.07, 6.45) is -3.60. The molecule has 0 aliphatic carbocycles. The van der Waals surface area contributed by atoms with Crippen LogP contribution in [0.2, 0.25) is 0 Å². The van der Waals surface area contributed by atoms with Crippen molar-refractivity contribution in [2.24, 2.45) is 0 Å². The van der Waals surface area contributed by atoms with E-state index in [9.17, 15) is 20.1 Å². The molecule has 16 heavy (non-hydrogen) atoms. The molecule has 0 saturated carbocycles. The zero-order valence-corrected chi connectivity index (χ0v) is 9.00. The van der Waals surface area contributed by atoms with Crippen LogP contribution in [0.4, 0.5) is 0 Å². The molecule has 0 unspecified atom stereocenters. The van der Waals surface area contributed by atoms with E-state index >= 15 is 0 Å². The van der Waals surface area contributed by atoms with E-state index < -0.39 is 36.3 Å². The lowest BCUT2D eigenvalue weighted by Crippen LogP contribution is -2.55. The minimum atomic E-state index is -1.33. The number of hydrogen-bond acceptors (Lipinski definition) is 6. The van der Waals surface area contributed by atoms with Crippen molar-refractivity contribution >= 4 is 5.91 Å². The Morgan fingerprint density at radius 2 is 2.00 bits per heavy atom. The summed E-state index contributed by atoms with van der Waals surface area (Å²) in [6.45, 7) is 0.968. The van der Waals surface area contributed by atoms with Crippen LogP contribution in [-0.2, 0) is 4.79 Å². The van der Waals surface area contributed by atoms with Crippen LogP contribution < -0.4 is 10.6 Å². The first-order chi connectivity index (χ1) is 7.47. The molecule has 6 N–H and O–H groups in total. The number of aliphatic hydroxyl groups excluding tert-OH is 4. The molecule has 0 radical (unpaired) electrons. The van der Waals surface area contributed by atoms with Crippen molar-refractivity contribution in [1.29, 1.82) is 0 Å². The second-order valence-corrected chi connectivity index (χ2v) is 3.97. The van der Waals surface area contributed by atoms with Gasteiger partial charge < -0.3 is 31.1 Å². The smallest absolute Gasteiger partial charge is 0.217 e. The Morgan fingerprint density at radius 1 is 1.38 bits per heavy atom. The Hall–Kier alpha value is -0.730. The van der Waals surface area contributed by atoms with Crippen LogP contribution >= 0.6 is 0 Å². The van der Waals surface area contributed by atoms with Crippen LogP contribution in [0.5, 0.6) is 0 Å². The quantitative estimate of drug-likeness (QED) is 0.295. The van der Waals surface area contributed by atoms with E-state index in [1.807, 2.05) is 0 Å². The number of carbonyl (C=O) groups excluding carboxylic acids is 1. The highest BCUT2D eigenvalue weighted by molar-refractivity contribution is 5.73. The van der Waals surface area contributed by atoms with Gasteiger partial charge >= 0.3 is 0 Å². The third-order valence-electron chi connectivity index (χ3n) is 2.70. The van der Waals surface area contributed by atoms with E-state index in [2.05, 4.69) is 10.6 Å². The monoisotopic (exact) mass is 234 g/mol. The molecule has 0 aromatic carbocycles. The number of carbonyl (C=O) groups is 1. The third-order valence-corrected chi connectivity index (χ3v) is 2.70. The van der Waals surface area contributed by atoms with Crippen molar-refractivity contribution in [3.8, 4) is 0 Å². The lowest BCUT2D eigenvalue weighted by atomic mass is 9.98. The first-order valence-corrected chi connectivity index (χ1v) is 5.13. The Kier molecular flexibility index (Phi) is 4.63. The fourth-order valence-electron chi connectivity index (χ4n) is 1.79. The molecule has 5 atom stereocenters. The Labute approximate surface area is 93.1 Å². The van der Waals surface area contributed by atoms with Gasteiger partial charge in [-0.05, 0) is 0 Å². The molecule has 1 fully saturated rings. The topological polar surface area (TPSA) is 122 Å². The molecule has 1 aliphatic rings. The highest BCUT2D eigenvalue weighted by atomic mass is 16.3. The number of aliphatic hydroxyl groups is 4. The number of β-amino-alcohol motifs (C(OH)–C–C–N with tert-alkyl or cyclic N) is 1. The maximum Gasteiger partial charge on any atom is 0.217 e. The first kappa shape index (κ1) is 13.3. The number of rotatable bonds is 2. The average molecular weight is 234 g/mol. The summed E-state index contributed by atoms with van der Waals surface area (Å²) in [4.78, 5) is 10.9. The van der Waals surface area contributed by atoms with E-state index in [0.717, 1.165) is 0 Å².